The molecule has 1 aromatic carbocycles. The lowest BCUT2D eigenvalue weighted by Gasteiger charge is -2.12. The Morgan fingerprint density at radius 3 is 2.59 bits per heavy atom. The summed E-state index contributed by atoms with van der Waals surface area (Å²) in [5.74, 6) is 0. The Labute approximate surface area is 111 Å². The van der Waals surface area contributed by atoms with E-state index in [9.17, 15) is 10.1 Å². The number of nitro groups is 1. The normalized spacial score (nSPS) is 11.7. The summed E-state index contributed by atoms with van der Waals surface area (Å²) in [6.07, 6.45) is 1.14. The van der Waals surface area contributed by atoms with Gasteiger partial charge < -0.3 is 0 Å². The van der Waals surface area contributed by atoms with Gasteiger partial charge in [0.2, 0.25) is 3.79 Å². The fourth-order valence-corrected chi connectivity index (χ4v) is 1.94. The van der Waals surface area contributed by atoms with Crippen molar-refractivity contribution >= 4 is 51.4 Å². The number of fused-ring (bicyclic) bond motifs is 1. The molecule has 7 heteroatoms. The number of halogens is 3. The van der Waals surface area contributed by atoms with Crippen molar-refractivity contribution < 1.29 is 4.92 Å². The Morgan fingerprint density at radius 1 is 1.29 bits per heavy atom. The quantitative estimate of drug-likeness (QED) is 0.454. The van der Waals surface area contributed by atoms with Crippen LogP contribution in [0, 0.1) is 10.1 Å². The third-order valence-electron chi connectivity index (χ3n) is 2.21. The second kappa shape index (κ2) is 4.29. The van der Waals surface area contributed by atoms with Crippen molar-refractivity contribution in [1.82, 2.24) is 4.98 Å². The molecule has 0 N–H and O–H groups in total. The first-order valence-corrected chi connectivity index (χ1v) is 5.63. The van der Waals surface area contributed by atoms with E-state index in [1.807, 2.05) is 0 Å². The summed E-state index contributed by atoms with van der Waals surface area (Å²) in [6, 6.07) is 6.34. The Hall–Kier alpha value is -1.10. The van der Waals surface area contributed by atoms with Crippen molar-refractivity contribution in [2.45, 2.75) is 3.79 Å². The Morgan fingerprint density at radius 2 is 2.00 bits per heavy atom. The standard InChI is InChI=1S/C10H5Cl3N2O2/c11-10(12,13)8-3-1-2-6-4-7(15(16)17)5-14-9(6)8/h1-5H. The zero-order valence-corrected chi connectivity index (χ0v) is 10.5. The molecule has 88 valence electrons. The zero-order chi connectivity index (χ0) is 12.6. The molecular formula is C10H5Cl3N2O2. The summed E-state index contributed by atoms with van der Waals surface area (Å²) >= 11 is 17.4. The highest BCUT2D eigenvalue weighted by atomic mass is 35.6. The van der Waals surface area contributed by atoms with Crippen LogP contribution < -0.4 is 0 Å². The van der Waals surface area contributed by atoms with E-state index < -0.39 is 8.72 Å². The van der Waals surface area contributed by atoms with Crippen molar-refractivity contribution in [3.63, 3.8) is 0 Å². The van der Waals surface area contributed by atoms with Gasteiger partial charge in [-0.3, -0.25) is 10.1 Å². The summed E-state index contributed by atoms with van der Waals surface area (Å²) in [4.78, 5) is 14.1. The SMILES string of the molecule is O=[N+]([O-])c1cnc2c(C(Cl)(Cl)Cl)cccc2c1. The van der Waals surface area contributed by atoms with Gasteiger partial charge in [0, 0.05) is 17.0 Å². The maximum Gasteiger partial charge on any atom is 0.288 e. The van der Waals surface area contributed by atoms with E-state index in [-0.39, 0.29) is 5.69 Å². The summed E-state index contributed by atoms with van der Waals surface area (Å²) in [5.41, 5.74) is 0.743. The first-order valence-electron chi connectivity index (χ1n) is 4.50. The molecule has 17 heavy (non-hydrogen) atoms. The van der Waals surface area contributed by atoms with Crippen LogP contribution in [0.15, 0.2) is 30.5 Å². The lowest BCUT2D eigenvalue weighted by Crippen LogP contribution is -2.02. The van der Waals surface area contributed by atoms with E-state index in [1.54, 1.807) is 18.2 Å². The molecule has 0 aliphatic heterocycles. The number of alkyl halides is 3. The Balaban J connectivity index is 2.72. The highest BCUT2D eigenvalue weighted by molar-refractivity contribution is 6.67. The number of hydrogen-bond donors (Lipinski definition) is 0. The molecule has 0 unspecified atom stereocenters. The van der Waals surface area contributed by atoms with Crippen molar-refractivity contribution in [2.24, 2.45) is 0 Å². The molecular weight excluding hydrogens is 286 g/mol. The molecule has 0 saturated carbocycles. The van der Waals surface area contributed by atoms with Gasteiger partial charge in [0.1, 0.15) is 6.20 Å². The van der Waals surface area contributed by atoms with Crippen LogP contribution in [0.25, 0.3) is 10.9 Å². The van der Waals surface area contributed by atoms with Crippen LogP contribution in [0.2, 0.25) is 0 Å². The maximum atomic E-state index is 10.6. The van der Waals surface area contributed by atoms with Gasteiger partial charge in [-0.1, -0.05) is 53.0 Å². The van der Waals surface area contributed by atoms with Crippen molar-refractivity contribution in [1.29, 1.82) is 0 Å². The third kappa shape index (κ3) is 2.44. The largest absolute Gasteiger partial charge is 0.288 e. The number of nitrogens with zero attached hydrogens (tertiary/aromatic N) is 2. The molecule has 2 aromatic rings. The molecule has 0 saturated heterocycles. The first-order chi connectivity index (χ1) is 7.89. The molecule has 0 atom stereocenters. The number of rotatable bonds is 1. The van der Waals surface area contributed by atoms with E-state index in [1.165, 1.54) is 6.07 Å². The van der Waals surface area contributed by atoms with Gasteiger partial charge in [0.15, 0.2) is 0 Å². The molecule has 2 rings (SSSR count). The molecule has 1 aromatic heterocycles. The smallest absolute Gasteiger partial charge is 0.258 e. The van der Waals surface area contributed by atoms with Gasteiger partial charge in [0.05, 0.1) is 10.4 Å². The van der Waals surface area contributed by atoms with Gasteiger partial charge in [-0.2, -0.15) is 0 Å². The zero-order valence-electron chi connectivity index (χ0n) is 8.23. The van der Waals surface area contributed by atoms with E-state index in [0.717, 1.165) is 6.20 Å². The van der Waals surface area contributed by atoms with Crippen LogP contribution in [0.5, 0.6) is 0 Å². The molecule has 0 aliphatic rings. The predicted molar refractivity (Wildman–Crippen MR) is 67.6 cm³/mol. The van der Waals surface area contributed by atoms with Crippen LogP contribution in [-0.4, -0.2) is 9.91 Å². The summed E-state index contributed by atoms with van der Waals surface area (Å²) in [5, 5.41) is 11.2. The first kappa shape index (κ1) is 12.4. The highest BCUT2D eigenvalue weighted by Gasteiger charge is 2.26. The fraction of sp³-hybridized carbons (Fsp3) is 0.100. The molecule has 0 bridgehead atoms. The Kier molecular flexibility index (Phi) is 3.12. The van der Waals surface area contributed by atoms with Gasteiger partial charge in [-0.25, -0.2) is 4.98 Å². The number of para-hydroxylation sites is 1. The van der Waals surface area contributed by atoms with E-state index in [4.69, 9.17) is 34.8 Å². The molecule has 0 amide bonds. The number of benzene rings is 1. The van der Waals surface area contributed by atoms with Crippen molar-refractivity contribution in [2.75, 3.05) is 0 Å². The summed E-state index contributed by atoms with van der Waals surface area (Å²) in [6.45, 7) is 0. The minimum Gasteiger partial charge on any atom is -0.258 e. The average molecular weight is 292 g/mol. The topological polar surface area (TPSA) is 56.0 Å². The minimum absolute atomic E-state index is 0.0982. The van der Waals surface area contributed by atoms with Gasteiger partial charge >= 0.3 is 0 Å². The van der Waals surface area contributed by atoms with E-state index in [2.05, 4.69) is 4.98 Å². The lowest BCUT2D eigenvalue weighted by molar-refractivity contribution is -0.385. The van der Waals surface area contributed by atoms with Crippen LogP contribution in [-0.2, 0) is 3.79 Å². The predicted octanol–water partition coefficient (Wildman–Crippen LogP) is 3.97. The highest BCUT2D eigenvalue weighted by Crippen LogP contribution is 2.41. The van der Waals surface area contributed by atoms with Crippen LogP contribution in [0.4, 0.5) is 5.69 Å². The minimum atomic E-state index is -1.61. The summed E-state index contributed by atoms with van der Waals surface area (Å²) in [7, 11) is 0. The molecule has 4 nitrogen and oxygen atoms in total. The number of aromatic nitrogens is 1. The van der Waals surface area contributed by atoms with Crippen molar-refractivity contribution in [3.8, 4) is 0 Å². The van der Waals surface area contributed by atoms with Crippen molar-refractivity contribution in [3.05, 3.63) is 46.1 Å². The molecule has 1 heterocycles. The number of hydrogen-bond acceptors (Lipinski definition) is 3. The van der Waals surface area contributed by atoms with Gasteiger partial charge in [-0.05, 0) is 0 Å². The monoisotopic (exact) mass is 290 g/mol. The maximum absolute atomic E-state index is 10.6. The molecule has 0 radical (unpaired) electrons. The van der Waals surface area contributed by atoms with Crippen LogP contribution >= 0.6 is 34.8 Å². The second-order valence-electron chi connectivity index (χ2n) is 3.33. The van der Waals surface area contributed by atoms with Gasteiger partial charge in [-0.15, -0.1) is 0 Å². The molecule has 0 aliphatic carbocycles. The second-order valence-corrected chi connectivity index (χ2v) is 5.61. The van der Waals surface area contributed by atoms with Crippen LogP contribution in [0.3, 0.4) is 0 Å². The lowest BCUT2D eigenvalue weighted by atomic mass is 10.1. The number of pyridine rings is 1. The van der Waals surface area contributed by atoms with E-state index in [0.29, 0.717) is 16.5 Å². The third-order valence-corrected chi connectivity index (χ3v) is 2.82. The van der Waals surface area contributed by atoms with Gasteiger partial charge in [0.25, 0.3) is 5.69 Å². The van der Waals surface area contributed by atoms with E-state index >= 15 is 0 Å². The molecule has 0 spiro atoms. The Bertz CT molecular complexity index is 596. The van der Waals surface area contributed by atoms with Crippen LogP contribution in [0.1, 0.15) is 5.56 Å². The molecule has 0 fully saturated rings. The summed E-state index contributed by atoms with van der Waals surface area (Å²) < 4.78 is -1.61. The fourth-order valence-electron chi connectivity index (χ4n) is 1.48. The average Bonchev–Trinajstić information content (AvgIpc) is 2.26.